The molecule has 0 radical (unpaired) electrons. The van der Waals surface area contributed by atoms with E-state index >= 15 is 0 Å². The van der Waals surface area contributed by atoms with Gasteiger partial charge in [-0.25, -0.2) is 4.98 Å². The lowest BCUT2D eigenvalue weighted by Gasteiger charge is -2.35. The van der Waals surface area contributed by atoms with Crippen molar-refractivity contribution in [3.05, 3.63) is 52.8 Å². The van der Waals surface area contributed by atoms with Crippen molar-refractivity contribution in [3.63, 3.8) is 0 Å². The largest absolute Gasteiger partial charge is 0.353 e. The summed E-state index contributed by atoms with van der Waals surface area (Å²) >= 11 is 0. The predicted octanol–water partition coefficient (Wildman–Crippen LogP) is 2.64. The molecule has 1 atom stereocenters. The van der Waals surface area contributed by atoms with E-state index in [-0.39, 0.29) is 5.92 Å². The third-order valence-electron chi connectivity index (χ3n) is 6.80. The highest BCUT2D eigenvalue weighted by Gasteiger charge is 2.34. The number of nitrogens with two attached hydrogens (primary N) is 1. The first-order valence-corrected chi connectivity index (χ1v) is 11.6. The number of fused-ring (bicyclic) bond motifs is 1. The second kappa shape index (κ2) is 8.88. The van der Waals surface area contributed by atoms with Crippen molar-refractivity contribution in [2.75, 3.05) is 36.4 Å². The lowest BCUT2D eigenvalue weighted by atomic mass is 10.0. The smallest absolute Gasteiger partial charge is 0.225 e. The molecule has 1 saturated carbocycles. The second-order valence-electron chi connectivity index (χ2n) is 9.06. The van der Waals surface area contributed by atoms with Crippen molar-refractivity contribution in [2.45, 2.75) is 32.9 Å². The molecule has 34 heavy (non-hydrogen) atoms. The molecule has 2 fully saturated rings. The molecule has 3 N–H and O–H groups in total. The first kappa shape index (κ1) is 22.0. The average Bonchev–Trinajstić information content (AvgIpc) is 3.71. The Hall–Kier alpha value is -3.77. The minimum Gasteiger partial charge on any atom is -0.353 e. The van der Waals surface area contributed by atoms with E-state index in [1.807, 2.05) is 43.1 Å². The summed E-state index contributed by atoms with van der Waals surface area (Å²) in [5.74, 6) is 1.97. The zero-order valence-electron chi connectivity index (χ0n) is 19.5. The molecule has 174 valence electrons. The van der Waals surface area contributed by atoms with Crippen molar-refractivity contribution >= 4 is 28.3 Å². The number of nitrogens with zero attached hydrogens (tertiary/aromatic N) is 6. The fourth-order valence-corrected chi connectivity index (χ4v) is 4.52. The van der Waals surface area contributed by atoms with Gasteiger partial charge in [-0.05, 0) is 49.9 Å². The quantitative estimate of drug-likeness (QED) is 0.562. The van der Waals surface area contributed by atoms with E-state index in [1.54, 1.807) is 6.07 Å². The van der Waals surface area contributed by atoms with Crippen LogP contribution in [-0.4, -0.2) is 52.2 Å². The summed E-state index contributed by atoms with van der Waals surface area (Å²) in [5, 5.41) is 23.1. The molecule has 5 rings (SSSR count). The molecule has 3 heterocycles. The molecule has 1 aromatic carbocycles. The molecule has 0 bridgehead atoms. The van der Waals surface area contributed by atoms with E-state index in [9.17, 15) is 10.1 Å². The molecule has 1 saturated heterocycles. The summed E-state index contributed by atoms with van der Waals surface area (Å²) in [4.78, 5) is 21.3. The van der Waals surface area contributed by atoms with Crippen LogP contribution in [0.4, 0.5) is 11.6 Å². The van der Waals surface area contributed by atoms with Crippen LogP contribution >= 0.6 is 0 Å². The number of hydrogen-bond donors (Lipinski definition) is 2. The van der Waals surface area contributed by atoms with Gasteiger partial charge in [-0.3, -0.25) is 4.79 Å². The molecule has 9 nitrogen and oxygen atoms in total. The van der Waals surface area contributed by atoms with Crippen molar-refractivity contribution in [1.29, 1.82) is 5.26 Å². The summed E-state index contributed by atoms with van der Waals surface area (Å²) < 4.78 is 0. The van der Waals surface area contributed by atoms with Crippen LogP contribution in [0.25, 0.3) is 10.8 Å². The van der Waals surface area contributed by atoms with Crippen molar-refractivity contribution in [1.82, 2.24) is 20.1 Å². The third-order valence-corrected chi connectivity index (χ3v) is 6.80. The number of anilines is 2. The van der Waals surface area contributed by atoms with E-state index in [4.69, 9.17) is 5.73 Å². The summed E-state index contributed by atoms with van der Waals surface area (Å²) in [7, 11) is 0. The number of piperazine rings is 1. The van der Waals surface area contributed by atoms with Gasteiger partial charge in [-0.2, -0.15) is 10.4 Å². The molecule has 0 spiro atoms. The van der Waals surface area contributed by atoms with Crippen LogP contribution < -0.4 is 16.0 Å². The summed E-state index contributed by atoms with van der Waals surface area (Å²) in [6.45, 7) is 6.72. The molecular formula is C25H28N8O. The fourth-order valence-electron chi connectivity index (χ4n) is 4.52. The lowest BCUT2D eigenvalue weighted by molar-refractivity contribution is -0.132. The first-order chi connectivity index (χ1) is 16.5. The number of nitrogens with one attached hydrogen (secondary N) is 1. The van der Waals surface area contributed by atoms with Gasteiger partial charge in [0.05, 0.1) is 17.3 Å². The van der Waals surface area contributed by atoms with Gasteiger partial charge in [0.15, 0.2) is 5.82 Å². The van der Waals surface area contributed by atoms with Crippen LogP contribution in [-0.2, 0) is 4.79 Å². The number of nitriles is 1. The zero-order valence-corrected chi connectivity index (χ0v) is 19.5. The van der Waals surface area contributed by atoms with Crippen LogP contribution in [0.15, 0.2) is 30.5 Å². The number of pyridine rings is 1. The molecule has 1 amide bonds. The van der Waals surface area contributed by atoms with Gasteiger partial charge in [-0.15, -0.1) is 5.10 Å². The average molecular weight is 457 g/mol. The normalized spacial score (nSPS) is 16.9. The van der Waals surface area contributed by atoms with Crippen LogP contribution in [0.3, 0.4) is 0 Å². The monoisotopic (exact) mass is 456 g/mol. The minimum absolute atomic E-state index is 0.252. The Morgan fingerprint density at radius 1 is 1.18 bits per heavy atom. The van der Waals surface area contributed by atoms with Gasteiger partial charge < -0.3 is 20.9 Å². The van der Waals surface area contributed by atoms with Crippen molar-refractivity contribution in [3.8, 4) is 6.07 Å². The fraction of sp³-hybridized carbons (Fsp3) is 0.400. The number of hydrogen-bond acceptors (Lipinski definition) is 8. The van der Waals surface area contributed by atoms with Gasteiger partial charge in [0.2, 0.25) is 5.91 Å². The summed E-state index contributed by atoms with van der Waals surface area (Å²) in [6, 6.07) is 9.74. The van der Waals surface area contributed by atoms with E-state index in [2.05, 4.69) is 31.5 Å². The first-order valence-electron chi connectivity index (χ1n) is 11.6. The highest BCUT2D eigenvalue weighted by Crippen LogP contribution is 2.32. The Morgan fingerprint density at radius 2 is 1.94 bits per heavy atom. The topological polar surface area (TPSA) is 124 Å². The summed E-state index contributed by atoms with van der Waals surface area (Å²) in [6.07, 6.45) is 3.34. The zero-order chi connectivity index (χ0) is 23.8. The highest BCUT2D eigenvalue weighted by atomic mass is 16.2. The number of benzene rings is 1. The third kappa shape index (κ3) is 4.13. The van der Waals surface area contributed by atoms with Gasteiger partial charge >= 0.3 is 0 Å². The molecule has 9 heteroatoms. The van der Waals surface area contributed by atoms with Crippen LogP contribution in [0.2, 0.25) is 0 Å². The lowest BCUT2D eigenvalue weighted by Crippen LogP contribution is -2.49. The van der Waals surface area contributed by atoms with Crippen LogP contribution in [0.1, 0.15) is 41.4 Å². The van der Waals surface area contributed by atoms with Crippen molar-refractivity contribution in [2.24, 2.45) is 11.7 Å². The highest BCUT2D eigenvalue weighted by molar-refractivity contribution is 5.94. The molecule has 3 aromatic rings. The molecule has 0 unspecified atom stereocenters. The number of amides is 1. The van der Waals surface area contributed by atoms with Gasteiger partial charge in [-0.1, -0.05) is 12.1 Å². The maximum atomic E-state index is 12.4. The van der Waals surface area contributed by atoms with E-state index in [1.165, 1.54) is 0 Å². The second-order valence-corrected chi connectivity index (χ2v) is 9.06. The Balaban J connectivity index is 1.40. The van der Waals surface area contributed by atoms with E-state index in [0.717, 1.165) is 59.3 Å². The number of carbonyl (C=O) groups is 1. The van der Waals surface area contributed by atoms with E-state index < -0.39 is 6.17 Å². The van der Waals surface area contributed by atoms with Gasteiger partial charge in [0, 0.05) is 49.1 Å². The number of rotatable bonds is 5. The Kier molecular flexibility index (Phi) is 5.75. The number of carbonyl (C=O) groups excluding carboxylic acids is 1. The standard InChI is InChI=1S/C25H28N8O/c1-15-18(13-26)4-3-5-19(15)23(27)29-24-20-12-22(28-14-21(20)16(2)30-31-24)32-8-10-33(11-9-32)25(34)17-6-7-17/h3-5,12,14,17,23H,6-11,27H2,1-2H3,(H,29,31)/t23-/m0/s1. The Bertz CT molecular complexity index is 1290. The van der Waals surface area contributed by atoms with Gasteiger partial charge in [0.25, 0.3) is 0 Å². The molecule has 1 aliphatic carbocycles. The SMILES string of the molecule is Cc1c(C#N)cccc1[C@@H](N)Nc1nnc(C)c2cnc(N3CCN(C(=O)C4CC4)CC3)cc12. The predicted molar refractivity (Wildman–Crippen MR) is 130 cm³/mol. The Labute approximate surface area is 198 Å². The maximum absolute atomic E-state index is 12.4. The molecule has 2 aliphatic rings. The van der Waals surface area contributed by atoms with Gasteiger partial charge in [0.1, 0.15) is 12.0 Å². The molecule has 2 aromatic heterocycles. The molecular weight excluding hydrogens is 428 g/mol. The van der Waals surface area contributed by atoms with Crippen LogP contribution in [0, 0.1) is 31.1 Å². The Morgan fingerprint density at radius 3 is 2.65 bits per heavy atom. The number of aromatic nitrogens is 3. The maximum Gasteiger partial charge on any atom is 0.225 e. The molecule has 1 aliphatic heterocycles. The van der Waals surface area contributed by atoms with E-state index in [0.29, 0.717) is 30.4 Å². The van der Waals surface area contributed by atoms with Crippen molar-refractivity contribution < 1.29 is 4.79 Å². The minimum atomic E-state index is -0.554. The summed E-state index contributed by atoms with van der Waals surface area (Å²) in [5.41, 5.74) is 9.54. The number of aryl methyl sites for hydroxylation is 1. The van der Waals surface area contributed by atoms with Crippen LogP contribution in [0.5, 0.6) is 0 Å².